The second-order valence-electron chi connectivity index (χ2n) is 9.13. The van der Waals surface area contributed by atoms with Gasteiger partial charge in [-0.2, -0.15) is 0 Å². The van der Waals surface area contributed by atoms with Gasteiger partial charge >= 0.3 is 12.2 Å². The van der Waals surface area contributed by atoms with Gasteiger partial charge in [0.2, 0.25) is 11.8 Å². The fraction of sp³-hybridized carbons (Fsp3) is 0.286. The van der Waals surface area contributed by atoms with E-state index in [1.165, 1.54) is 14.2 Å². The zero-order valence-corrected chi connectivity index (χ0v) is 23.6. The molecular weight excluding hydrogens is 558 g/mol. The number of methoxy groups -OCH3 is 2. The molecule has 15 heteroatoms. The Balaban J connectivity index is 1.13. The van der Waals surface area contributed by atoms with E-state index < -0.39 is 12.2 Å². The summed E-state index contributed by atoms with van der Waals surface area (Å²) in [5, 5.41) is 15.2. The number of hydrogen-bond donors (Lipinski definition) is 5. The summed E-state index contributed by atoms with van der Waals surface area (Å²) in [5.41, 5.74) is 2.08. The minimum Gasteiger partial charge on any atom is -0.453 e. The Bertz CT molecular complexity index is 1510. The topological polar surface area (TPSA) is 198 Å². The molecule has 0 unspecified atom stereocenters. The summed E-state index contributed by atoms with van der Waals surface area (Å²) in [6.45, 7) is 1.23. The van der Waals surface area contributed by atoms with Crippen LogP contribution in [0.15, 0.2) is 48.5 Å². The van der Waals surface area contributed by atoms with Gasteiger partial charge in [0.05, 0.1) is 38.7 Å². The van der Waals surface area contributed by atoms with Crippen molar-refractivity contribution in [3.63, 3.8) is 0 Å². The second kappa shape index (κ2) is 15.0. The first-order valence-electron chi connectivity index (χ1n) is 13.3. The molecule has 0 spiro atoms. The molecule has 0 fully saturated rings. The molecule has 0 aliphatic rings. The fourth-order valence-electron chi connectivity index (χ4n) is 3.81. The third-order valence-electron chi connectivity index (χ3n) is 6.04. The maximum Gasteiger partial charge on any atom is 0.412 e. The van der Waals surface area contributed by atoms with Crippen LogP contribution in [-0.4, -0.2) is 71.2 Å². The summed E-state index contributed by atoms with van der Waals surface area (Å²) >= 11 is 0. The molecule has 4 rings (SSSR count). The number of carbonyl (C=O) groups excluding carboxylic acids is 4. The number of nitrogens with zero attached hydrogens (tertiary/aromatic N) is 4. The number of anilines is 2. The van der Waals surface area contributed by atoms with Crippen LogP contribution in [0.3, 0.4) is 0 Å². The lowest BCUT2D eigenvalue weighted by Crippen LogP contribution is -2.30. The minimum absolute atomic E-state index is 0.172. The Morgan fingerprint density at radius 2 is 1.02 bits per heavy atom. The maximum atomic E-state index is 12.3. The molecule has 0 aromatic carbocycles. The van der Waals surface area contributed by atoms with Crippen LogP contribution in [0.1, 0.15) is 24.2 Å². The molecule has 0 saturated heterocycles. The lowest BCUT2D eigenvalue weighted by Gasteiger charge is -2.09. The van der Waals surface area contributed by atoms with Crippen LogP contribution in [0.5, 0.6) is 0 Å². The van der Waals surface area contributed by atoms with Gasteiger partial charge in [-0.15, -0.1) is 0 Å². The van der Waals surface area contributed by atoms with Gasteiger partial charge < -0.3 is 25.4 Å². The summed E-state index contributed by atoms with van der Waals surface area (Å²) in [5.74, 6) is 0.267. The number of aromatic nitrogens is 4. The first-order chi connectivity index (χ1) is 20.8. The number of amides is 4. The molecule has 4 heterocycles. The summed E-state index contributed by atoms with van der Waals surface area (Å²) < 4.78 is 9.14. The molecule has 15 nitrogen and oxygen atoms in total. The average Bonchev–Trinajstić information content (AvgIpc) is 3.02. The zero-order valence-electron chi connectivity index (χ0n) is 23.6. The predicted molar refractivity (Wildman–Crippen MR) is 157 cm³/mol. The number of nitrogens with one attached hydrogen (secondary N) is 5. The number of hydrogen-bond acceptors (Lipinski definition) is 11. The summed E-state index contributed by atoms with van der Waals surface area (Å²) in [4.78, 5) is 64.8. The Labute approximate surface area is 246 Å². The first-order valence-corrected chi connectivity index (χ1v) is 13.3. The quantitative estimate of drug-likeness (QED) is 0.152. The molecule has 43 heavy (non-hydrogen) atoms. The van der Waals surface area contributed by atoms with Crippen LogP contribution in [0, 0.1) is 0 Å². The van der Waals surface area contributed by atoms with Gasteiger partial charge in [0.15, 0.2) is 11.3 Å². The molecule has 0 atom stereocenters. The maximum absolute atomic E-state index is 12.3. The molecule has 0 aliphatic carbocycles. The number of carbonyl (C=O) groups is 4. The zero-order chi connectivity index (χ0) is 30.6. The predicted octanol–water partition coefficient (Wildman–Crippen LogP) is 2.23. The van der Waals surface area contributed by atoms with E-state index in [2.05, 4.69) is 56.0 Å². The third-order valence-corrected chi connectivity index (χ3v) is 6.04. The fourth-order valence-corrected chi connectivity index (χ4v) is 3.81. The van der Waals surface area contributed by atoms with E-state index >= 15 is 0 Å². The van der Waals surface area contributed by atoms with Gasteiger partial charge in [0.1, 0.15) is 11.6 Å². The van der Waals surface area contributed by atoms with Crippen molar-refractivity contribution in [2.75, 3.05) is 37.9 Å². The molecular formula is C28H31N9O6. The highest BCUT2D eigenvalue weighted by Gasteiger charge is 2.09. The first kappa shape index (κ1) is 30.5. The van der Waals surface area contributed by atoms with Gasteiger partial charge in [-0.1, -0.05) is 0 Å². The molecule has 0 saturated carbocycles. The Morgan fingerprint density at radius 1 is 0.605 bits per heavy atom. The molecule has 224 valence electrons. The molecule has 0 aliphatic heterocycles. The molecule has 4 amide bonds. The van der Waals surface area contributed by atoms with E-state index in [1.807, 2.05) is 12.1 Å². The van der Waals surface area contributed by atoms with Crippen molar-refractivity contribution in [3.05, 3.63) is 59.9 Å². The summed E-state index contributed by atoms with van der Waals surface area (Å²) in [7, 11) is 2.52. The van der Waals surface area contributed by atoms with Crippen LogP contribution in [0.2, 0.25) is 0 Å². The monoisotopic (exact) mass is 589 g/mol. The number of ether oxygens (including phenoxy) is 2. The largest absolute Gasteiger partial charge is 0.453 e. The van der Waals surface area contributed by atoms with Gasteiger partial charge in [-0.3, -0.25) is 20.2 Å². The normalized spacial score (nSPS) is 10.7. The van der Waals surface area contributed by atoms with Gasteiger partial charge in [-0.25, -0.2) is 29.5 Å². The third kappa shape index (κ3) is 9.29. The van der Waals surface area contributed by atoms with Crippen LogP contribution in [0.25, 0.3) is 22.1 Å². The lowest BCUT2D eigenvalue weighted by atomic mass is 10.2. The van der Waals surface area contributed by atoms with Crippen molar-refractivity contribution < 1.29 is 28.7 Å². The molecule has 0 radical (unpaired) electrons. The van der Waals surface area contributed by atoms with Gasteiger partial charge in [0.25, 0.3) is 0 Å². The van der Waals surface area contributed by atoms with Crippen molar-refractivity contribution in [3.8, 4) is 0 Å². The van der Waals surface area contributed by atoms with Crippen molar-refractivity contribution in [1.29, 1.82) is 0 Å². The summed E-state index contributed by atoms with van der Waals surface area (Å²) in [6.07, 6.45) is -0.816. The van der Waals surface area contributed by atoms with E-state index in [0.717, 1.165) is 10.8 Å². The van der Waals surface area contributed by atoms with Crippen molar-refractivity contribution in [2.24, 2.45) is 0 Å². The van der Waals surface area contributed by atoms with Crippen molar-refractivity contribution in [1.82, 2.24) is 35.9 Å². The second-order valence-corrected chi connectivity index (χ2v) is 9.13. The summed E-state index contributed by atoms with van der Waals surface area (Å²) in [6, 6.07) is 14.1. The highest BCUT2D eigenvalue weighted by atomic mass is 16.5. The smallest absolute Gasteiger partial charge is 0.412 e. The highest BCUT2D eigenvalue weighted by molar-refractivity contribution is 5.86. The molecule has 4 aromatic rings. The number of fused-ring (bicyclic) bond motifs is 2. The highest BCUT2D eigenvalue weighted by Crippen LogP contribution is 2.15. The van der Waals surface area contributed by atoms with Gasteiger partial charge in [0, 0.05) is 36.7 Å². The van der Waals surface area contributed by atoms with Crippen LogP contribution in [0.4, 0.5) is 21.2 Å². The van der Waals surface area contributed by atoms with Crippen LogP contribution < -0.4 is 26.6 Å². The lowest BCUT2D eigenvalue weighted by molar-refractivity contribution is -0.121. The van der Waals surface area contributed by atoms with Crippen molar-refractivity contribution in [2.45, 2.75) is 25.9 Å². The van der Waals surface area contributed by atoms with E-state index in [1.54, 1.807) is 36.4 Å². The van der Waals surface area contributed by atoms with Crippen molar-refractivity contribution >= 4 is 57.7 Å². The number of pyridine rings is 4. The minimum atomic E-state index is -0.632. The Hall–Kier alpha value is -5.44. The average molecular weight is 590 g/mol. The molecule has 4 aromatic heterocycles. The van der Waals surface area contributed by atoms with E-state index in [0.29, 0.717) is 47.4 Å². The SMILES string of the molecule is COC(=O)Nc1ccc2ccc(CNC(=O)CCNCCC(=O)NCc3ccc4ccc(NC(=O)OC)nc4n3)nc2n1. The number of rotatable bonds is 12. The van der Waals surface area contributed by atoms with E-state index in [9.17, 15) is 19.2 Å². The van der Waals surface area contributed by atoms with Crippen LogP contribution in [-0.2, 0) is 32.2 Å². The Morgan fingerprint density at radius 3 is 1.44 bits per heavy atom. The standard InChI is InChI=1S/C28H31N9O6/c1-42-27(40)36-21-9-5-17-3-7-19(32-25(17)34-21)15-30-23(38)11-13-29-14-12-24(39)31-16-20-8-4-18-6-10-22(35-26(18)33-20)37-28(41)43-2/h3-10,29H,11-16H2,1-2H3,(H,30,38)(H,31,39)(H,32,34,36,40)(H,33,35,37,41). The van der Waals surface area contributed by atoms with E-state index in [4.69, 9.17) is 0 Å². The van der Waals surface area contributed by atoms with Crippen LogP contribution >= 0.6 is 0 Å². The van der Waals surface area contributed by atoms with Gasteiger partial charge in [-0.05, 0) is 48.5 Å². The molecule has 5 N–H and O–H groups in total. The van der Waals surface area contributed by atoms with E-state index in [-0.39, 0.29) is 37.7 Å². The molecule has 0 bridgehead atoms. The Kier molecular flexibility index (Phi) is 10.6.